The molecule has 1 saturated carbocycles. The van der Waals surface area contributed by atoms with Crippen LogP contribution in [0.15, 0.2) is 12.1 Å². The first-order valence-electron chi connectivity index (χ1n) is 6.36. The van der Waals surface area contributed by atoms with Gasteiger partial charge in [-0.1, -0.05) is 0 Å². The number of carbonyl (C=O) groups is 1. The van der Waals surface area contributed by atoms with E-state index >= 15 is 0 Å². The molecule has 0 radical (unpaired) electrons. The molecule has 0 bridgehead atoms. The van der Waals surface area contributed by atoms with Gasteiger partial charge in [-0.2, -0.15) is 0 Å². The Morgan fingerprint density at radius 2 is 2.16 bits per heavy atom. The van der Waals surface area contributed by atoms with Gasteiger partial charge in [-0.05, 0) is 37.8 Å². The van der Waals surface area contributed by atoms with E-state index in [2.05, 4.69) is 11.7 Å². The van der Waals surface area contributed by atoms with E-state index in [1.807, 2.05) is 11.9 Å². The van der Waals surface area contributed by atoms with Crippen LogP contribution in [0.4, 0.5) is 15.8 Å². The van der Waals surface area contributed by atoms with E-state index < -0.39 is 11.8 Å². The van der Waals surface area contributed by atoms with E-state index in [9.17, 15) is 9.18 Å². The standard InChI is InChI=1S/C14H19FN2O2/c1-8(9-4-5-9)17(2)13-6-10(14(18)19-3)12(16)7-11(13)15/h6-9H,4-5,16H2,1-3H3. The minimum absolute atomic E-state index is 0.0978. The number of methoxy groups -OCH3 is 1. The Hall–Kier alpha value is -1.78. The highest BCUT2D eigenvalue weighted by Gasteiger charge is 2.32. The summed E-state index contributed by atoms with van der Waals surface area (Å²) in [6, 6.07) is 2.89. The first-order valence-corrected chi connectivity index (χ1v) is 6.36. The summed E-state index contributed by atoms with van der Waals surface area (Å²) in [5, 5.41) is 0. The Kier molecular flexibility index (Phi) is 3.64. The summed E-state index contributed by atoms with van der Waals surface area (Å²) in [6.45, 7) is 2.06. The lowest BCUT2D eigenvalue weighted by atomic mass is 10.1. The number of hydrogen-bond acceptors (Lipinski definition) is 4. The van der Waals surface area contributed by atoms with E-state index in [0.29, 0.717) is 11.6 Å². The van der Waals surface area contributed by atoms with Gasteiger partial charge in [0.05, 0.1) is 18.4 Å². The summed E-state index contributed by atoms with van der Waals surface area (Å²) < 4.78 is 18.7. The molecule has 1 fully saturated rings. The summed E-state index contributed by atoms with van der Waals surface area (Å²) in [6.07, 6.45) is 2.35. The molecule has 0 amide bonds. The van der Waals surface area contributed by atoms with Crippen LogP contribution in [0.1, 0.15) is 30.1 Å². The van der Waals surface area contributed by atoms with Crippen molar-refractivity contribution in [1.82, 2.24) is 0 Å². The first-order chi connectivity index (χ1) is 8.95. The van der Waals surface area contributed by atoms with E-state index in [0.717, 1.165) is 0 Å². The molecule has 19 heavy (non-hydrogen) atoms. The zero-order valence-electron chi connectivity index (χ0n) is 11.4. The van der Waals surface area contributed by atoms with Gasteiger partial charge in [-0.3, -0.25) is 0 Å². The fourth-order valence-electron chi connectivity index (χ4n) is 2.25. The molecular formula is C14H19FN2O2. The van der Waals surface area contributed by atoms with Crippen molar-refractivity contribution in [1.29, 1.82) is 0 Å². The number of carbonyl (C=O) groups excluding carboxylic acids is 1. The molecule has 1 aliphatic carbocycles. The van der Waals surface area contributed by atoms with Crippen LogP contribution in [0, 0.1) is 11.7 Å². The summed E-state index contributed by atoms with van der Waals surface area (Å²) in [5.74, 6) is -0.366. The number of esters is 1. The molecule has 104 valence electrons. The van der Waals surface area contributed by atoms with Crippen LogP contribution < -0.4 is 10.6 Å². The normalized spacial score (nSPS) is 16.0. The second kappa shape index (κ2) is 5.07. The van der Waals surface area contributed by atoms with Crippen LogP contribution >= 0.6 is 0 Å². The van der Waals surface area contributed by atoms with Gasteiger partial charge in [0.25, 0.3) is 0 Å². The Bertz CT molecular complexity index is 500. The maximum Gasteiger partial charge on any atom is 0.340 e. The lowest BCUT2D eigenvalue weighted by Gasteiger charge is -2.28. The summed E-state index contributed by atoms with van der Waals surface area (Å²) in [7, 11) is 3.11. The zero-order valence-corrected chi connectivity index (χ0v) is 11.4. The molecule has 0 saturated heterocycles. The highest BCUT2D eigenvalue weighted by molar-refractivity contribution is 5.96. The van der Waals surface area contributed by atoms with E-state index in [1.54, 1.807) is 0 Å². The zero-order chi connectivity index (χ0) is 14.2. The van der Waals surface area contributed by atoms with Gasteiger partial charge in [0.1, 0.15) is 5.82 Å². The van der Waals surface area contributed by atoms with Crippen molar-refractivity contribution >= 4 is 17.3 Å². The van der Waals surface area contributed by atoms with Gasteiger partial charge in [0.15, 0.2) is 0 Å². The fraction of sp³-hybridized carbons (Fsp3) is 0.500. The Morgan fingerprint density at radius 1 is 1.53 bits per heavy atom. The monoisotopic (exact) mass is 266 g/mol. The number of benzene rings is 1. The van der Waals surface area contributed by atoms with Crippen molar-refractivity contribution in [3.05, 3.63) is 23.5 Å². The molecule has 1 aliphatic rings. The van der Waals surface area contributed by atoms with Gasteiger partial charge in [-0.25, -0.2) is 9.18 Å². The largest absolute Gasteiger partial charge is 0.465 e. The predicted octanol–water partition coefficient (Wildman–Crippen LogP) is 2.43. The van der Waals surface area contributed by atoms with Crippen molar-refractivity contribution in [3.63, 3.8) is 0 Å². The minimum atomic E-state index is -0.550. The van der Waals surface area contributed by atoms with Gasteiger partial charge in [-0.15, -0.1) is 0 Å². The molecule has 0 heterocycles. The van der Waals surface area contributed by atoms with Crippen LogP contribution in [0.25, 0.3) is 0 Å². The Balaban J connectivity index is 2.36. The van der Waals surface area contributed by atoms with Crippen LogP contribution in [0.3, 0.4) is 0 Å². The molecule has 0 aliphatic heterocycles. The van der Waals surface area contributed by atoms with Crippen LogP contribution in [-0.2, 0) is 4.74 Å². The molecule has 0 spiro atoms. The number of nitrogen functional groups attached to an aromatic ring is 1. The molecule has 2 N–H and O–H groups in total. The highest BCUT2D eigenvalue weighted by atomic mass is 19.1. The molecule has 1 unspecified atom stereocenters. The van der Waals surface area contributed by atoms with E-state index in [-0.39, 0.29) is 17.3 Å². The van der Waals surface area contributed by atoms with Crippen LogP contribution in [0.5, 0.6) is 0 Å². The molecular weight excluding hydrogens is 247 g/mol. The van der Waals surface area contributed by atoms with Gasteiger partial charge in [0, 0.05) is 18.8 Å². The molecule has 1 aromatic rings. The predicted molar refractivity (Wildman–Crippen MR) is 72.7 cm³/mol. The SMILES string of the molecule is COC(=O)c1cc(N(C)C(C)C2CC2)c(F)cc1N. The van der Waals surface area contributed by atoms with Gasteiger partial charge < -0.3 is 15.4 Å². The lowest BCUT2D eigenvalue weighted by Crippen LogP contribution is -2.31. The summed E-state index contributed by atoms with van der Waals surface area (Å²) >= 11 is 0. The molecule has 0 aromatic heterocycles. The molecule has 4 nitrogen and oxygen atoms in total. The first kappa shape index (κ1) is 13.6. The number of anilines is 2. The van der Waals surface area contributed by atoms with Crippen LogP contribution in [0.2, 0.25) is 0 Å². The number of rotatable bonds is 4. The number of nitrogens with two attached hydrogens (primary N) is 1. The highest BCUT2D eigenvalue weighted by Crippen LogP contribution is 2.37. The quantitative estimate of drug-likeness (QED) is 0.671. The third-order valence-corrected chi connectivity index (χ3v) is 3.82. The van der Waals surface area contributed by atoms with Crippen molar-refractivity contribution in [2.45, 2.75) is 25.8 Å². The third kappa shape index (κ3) is 2.64. The smallest absolute Gasteiger partial charge is 0.340 e. The van der Waals surface area contributed by atoms with Crippen molar-refractivity contribution < 1.29 is 13.9 Å². The number of halogens is 1. The Morgan fingerprint density at radius 3 is 2.68 bits per heavy atom. The molecule has 2 rings (SSSR count). The average Bonchev–Trinajstić information content (AvgIpc) is 3.20. The van der Waals surface area contributed by atoms with Crippen molar-refractivity contribution in [2.75, 3.05) is 24.8 Å². The van der Waals surface area contributed by atoms with E-state index in [4.69, 9.17) is 5.73 Å². The summed E-state index contributed by atoms with van der Waals surface area (Å²) in [4.78, 5) is 13.5. The number of nitrogens with zero attached hydrogens (tertiary/aromatic N) is 1. The molecule has 5 heteroatoms. The van der Waals surface area contributed by atoms with Crippen molar-refractivity contribution in [2.24, 2.45) is 5.92 Å². The van der Waals surface area contributed by atoms with Crippen LogP contribution in [-0.4, -0.2) is 26.2 Å². The third-order valence-electron chi connectivity index (χ3n) is 3.82. The second-order valence-electron chi connectivity index (χ2n) is 5.07. The fourth-order valence-corrected chi connectivity index (χ4v) is 2.25. The number of hydrogen-bond donors (Lipinski definition) is 1. The van der Waals surface area contributed by atoms with Crippen molar-refractivity contribution in [3.8, 4) is 0 Å². The molecule has 1 atom stereocenters. The summed E-state index contributed by atoms with van der Waals surface area (Å²) in [5.41, 5.74) is 6.34. The topological polar surface area (TPSA) is 55.6 Å². The van der Waals surface area contributed by atoms with E-state index in [1.165, 1.54) is 32.1 Å². The average molecular weight is 266 g/mol. The Labute approximate surface area is 112 Å². The maximum atomic E-state index is 14.0. The molecule has 1 aromatic carbocycles. The minimum Gasteiger partial charge on any atom is -0.465 e. The lowest BCUT2D eigenvalue weighted by molar-refractivity contribution is 0.0602. The maximum absolute atomic E-state index is 14.0. The van der Waals surface area contributed by atoms with Gasteiger partial charge in [0.2, 0.25) is 0 Å². The number of ether oxygens (including phenoxy) is 1. The van der Waals surface area contributed by atoms with Gasteiger partial charge >= 0.3 is 5.97 Å². The second-order valence-corrected chi connectivity index (χ2v) is 5.07.